The Labute approximate surface area is 134 Å². The molecule has 2 aliphatic heterocycles. The summed E-state index contributed by atoms with van der Waals surface area (Å²) in [5, 5.41) is 11.0. The lowest BCUT2D eigenvalue weighted by Gasteiger charge is -2.44. The second kappa shape index (κ2) is 5.38. The Morgan fingerprint density at radius 1 is 1.27 bits per heavy atom. The van der Waals surface area contributed by atoms with Crippen LogP contribution in [0, 0.1) is 11.3 Å². The fourth-order valence-electron chi connectivity index (χ4n) is 3.46. The smallest absolute Gasteiger partial charge is 0.128 e. The fraction of sp³-hybridized carbons (Fsp3) is 0.412. The highest BCUT2D eigenvalue weighted by molar-refractivity contribution is 7.10. The van der Waals surface area contributed by atoms with Gasteiger partial charge in [-0.1, -0.05) is 0 Å². The molecule has 22 heavy (non-hydrogen) atoms. The van der Waals surface area contributed by atoms with E-state index in [0.29, 0.717) is 5.56 Å². The van der Waals surface area contributed by atoms with Gasteiger partial charge in [-0.25, -0.2) is 4.98 Å². The lowest BCUT2D eigenvalue weighted by molar-refractivity contribution is -0.0735. The summed E-state index contributed by atoms with van der Waals surface area (Å²) in [5.41, 5.74) is 2.00. The van der Waals surface area contributed by atoms with E-state index in [1.54, 1.807) is 6.20 Å². The molecule has 1 spiro atoms. The predicted octanol–water partition coefficient (Wildman–Crippen LogP) is 3.08. The van der Waals surface area contributed by atoms with Crippen LogP contribution in [-0.2, 0) is 16.8 Å². The Kier molecular flexibility index (Phi) is 3.36. The molecule has 2 aromatic rings. The lowest BCUT2D eigenvalue weighted by atomic mass is 9.85. The molecule has 0 saturated carbocycles. The van der Waals surface area contributed by atoms with Gasteiger partial charge in [0.1, 0.15) is 17.5 Å². The molecule has 2 aromatic heterocycles. The molecule has 112 valence electrons. The van der Waals surface area contributed by atoms with Crippen molar-refractivity contribution in [2.45, 2.75) is 24.9 Å². The van der Waals surface area contributed by atoms with Crippen molar-refractivity contribution in [3.8, 4) is 6.07 Å². The quantitative estimate of drug-likeness (QED) is 0.812. The minimum atomic E-state index is -0.0785. The van der Waals surface area contributed by atoms with Crippen molar-refractivity contribution in [2.24, 2.45) is 0 Å². The van der Waals surface area contributed by atoms with Gasteiger partial charge in [0, 0.05) is 24.2 Å². The highest BCUT2D eigenvalue weighted by atomic mass is 32.1. The maximum atomic E-state index is 8.86. The second-order valence-electron chi connectivity index (χ2n) is 5.87. The number of nitrogens with zero attached hydrogens (tertiary/aromatic N) is 3. The summed E-state index contributed by atoms with van der Waals surface area (Å²) in [6, 6.07) is 8.13. The third-order valence-corrected chi connectivity index (χ3v) is 5.82. The van der Waals surface area contributed by atoms with Gasteiger partial charge in [0.25, 0.3) is 0 Å². The number of thiophene rings is 1. The standard InChI is InChI=1S/C17H17N3OS/c18-11-13-1-2-15(19-12-13)20-7-5-17(6-8-20)16-14(3-9-21-17)4-10-22-16/h1-2,4,10,12H,3,5-9H2. The molecule has 4 rings (SSSR count). The molecule has 0 radical (unpaired) electrons. The Hall–Kier alpha value is -1.90. The van der Waals surface area contributed by atoms with Crippen LogP contribution in [0.5, 0.6) is 0 Å². The molecule has 0 aliphatic carbocycles. The molecular formula is C17H17N3OS. The number of hydrogen-bond acceptors (Lipinski definition) is 5. The zero-order valence-corrected chi connectivity index (χ0v) is 13.1. The molecule has 0 amide bonds. The molecule has 1 saturated heterocycles. The summed E-state index contributed by atoms with van der Waals surface area (Å²) in [7, 11) is 0. The molecule has 5 heteroatoms. The first-order valence-corrected chi connectivity index (χ1v) is 8.51. The van der Waals surface area contributed by atoms with Crippen LogP contribution in [0.15, 0.2) is 29.8 Å². The summed E-state index contributed by atoms with van der Waals surface area (Å²) in [6.45, 7) is 2.71. The van der Waals surface area contributed by atoms with Crippen molar-refractivity contribution in [1.82, 2.24) is 4.98 Å². The van der Waals surface area contributed by atoms with Crippen molar-refractivity contribution in [3.05, 3.63) is 45.8 Å². The summed E-state index contributed by atoms with van der Waals surface area (Å²) in [4.78, 5) is 8.13. The van der Waals surface area contributed by atoms with Gasteiger partial charge >= 0.3 is 0 Å². The van der Waals surface area contributed by atoms with Gasteiger partial charge in [0.15, 0.2) is 0 Å². The van der Waals surface area contributed by atoms with E-state index >= 15 is 0 Å². The van der Waals surface area contributed by atoms with Crippen LogP contribution in [0.4, 0.5) is 5.82 Å². The zero-order chi connectivity index (χ0) is 15.0. The van der Waals surface area contributed by atoms with E-state index in [2.05, 4.69) is 27.4 Å². The Morgan fingerprint density at radius 3 is 2.86 bits per heavy atom. The predicted molar refractivity (Wildman–Crippen MR) is 86.1 cm³/mol. The van der Waals surface area contributed by atoms with Gasteiger partial charge in [0.2, 0.25) is 0 Å². The summed E-state index contributed by atoms with van der Waals surface area (Å²) in [6.07, 6.45) is 4.69. The number of hydrogen-bond donors (Lipinski definition) is 0. The Morgan fingerprint density at radius 2 is 2.14 bits per heavy atom. The fourth-order valence-corrected chi connectivity index (χ4v) is 4.63. The number of rotatable bonds is 1. The zero-order valence-electron chi connectivity index (χ0n) is 12.3. The molecule has 4 heterocycles. The molecule has 0 atom stereocenters. The van der Waals surface area contributed by atoms with Crippen LogP contribution in [0.2, 0.25) is 0 Å². The first-order chi connectivity index (χ1) is 10.8. The maximum absolute atomic E-state index is 8.86. The van der Waals surface area contributed by atoms with Crippen molar-refractivity contribution in [3.63, 3.8) is 0 Å². The van der Waals surface area contributed by atoms with E-state index in [9.17, 15) is 0 Å². The molecule has 0 bridgehead atoms. The van der Waals surface area contributed by atoms with E-state index in [1.165, 1.54) is 10.4 Å². The average Bonchev–Trinajstić information content (AvgIpc) is 3.06. The average molecular weight is 311 g/mol. The van der Waals surface area contributed by atoms with E-state index in [-0.39, 0.29) is 5.60 Å². The minimum Gasteiger partial charge on any atom is -0.369 e. The molecule has 2 aliphatic rings. The van der Waals surface area contributed by atoms with Crippen LogP contribution in [0.3, 0.4) is 0 Å². The van der Waals surface area contributed by atoms with E-state index < -0.39 is 0 Å². The SMILES string of the molecule is N#Cc1ccc(N2CCC3(CC2)OCCc2ccsc23)nc1. The molecule has 0 aromatic carbocycles. The van der Waals surface area contributed by atoms with Crippen molar-refractivity contribution in [1.29, 1.82) is 5.26 Å². The van der Waals surface area contributed by atoms with Gasteiger partial charge in [0.05, 0.1) is 12.2 Å². The van der Waals surface area contributed by atoms with Crippen LogP contribution < -0.4 is 4.90 Å². The lowest BCUT2D eigenvalue weighted by Crippen LogP contribution is -2.46. The normalized spacial score (nSPS) is 19.7. The number of ether oxygens (including phenoxy) is 1. The van der Waals surface area contributed by atoms with E-state index in [1.807, 2.05) is 23.5 Å². The number of anilines is 1. The summed E-state index contributed by atoms with van der Waals surface area (Å²) >= 11 is 1.84. The second-order valence-corrected chi connectivity index (χ2v) is 6.79. The summed E-state index contributed by atoms with van der Waals surface area (Å²) in [5.74, 6) is 0.955. The Balaban J connectivity index is 1.52. The van der Waals surface area contributed by atoms with Crippen LogP contribution >= 0.6 is 11.3 Å². The third kappa shape index (κ3) is 2.20. The van der Waals surface area contributed by atoms with Crippen LogP contribution in [0.1, 0.15) is 28.8 Å². The van der Waals surface area contributed by atoms with E-state index in [0.717, 1.165) is 44.8 Å². The summed E-state index contributed by atoms with van der Waals surface area (Å²) < 4.78 is 6.23. The third-order valence-electron chi connectivity index (χ3n) is 4.68. The minimum absolute atomic E-state index is 0.0785. The monoisotopic (exact) mass is 311 g/mol. The van der Waals surface area contributed by atoms with Gasteiger partial charge in [-0.05, 0) is 48.4 Å². The number of pyridine rings is 1. The molecule has 4 nitrogen and oxygen atoms in total. The van der Waals surface area contributed by atoms with Gasteiger partial charge < -0.3 is 9.64 Å². The van der Waals surface area contributed by atoms with Gasteiger partial charge in [-0.15, -0.1) is 11.3 Å². The highest BCUT2D eigenvalue weighted by Gasteiger charge is 2.41. The first-order valence-electron chi connectivity index (χ1n) is 7.63. The Bertz CT molecular complexity index is 708. The van der Waals surface area contributed by atoms with Crippen molar-refractivity contribution >= 4 is 17.2 Å². The molecular weight excluding hydrogens is 294 g/mol. The maximum Gasteiger partial charge on any atom is 0.128 e. The number of piperidine rings is 1. The molecule has 0 unspecified atom stereocenters. The van der Waals surface area contributed by atoms with Crippen molar-refractivity contribution in [2.75, 3.05) is 24.6 Å². The van der Waals surface area contributed by atoms with Gasteiger partial charge in [-0.2, -0.15) is 5.26 Å². The topological polar surface area (TPSA) is 49.2 Å². The van der Waals surface area contributed by atoms with Crippen molar-refractivity contribution < 1.29 is 4.74 Å². The largest absolute Gasteiger partial charge is 0.369 e. The van der Waals surface area contributed by atoms with Gasteiger partial charge in [-0.3, -0.25) is 0 Å². The highest BCUT2D eigenvalue weighted by Crippen LogP contribution is 2.44. The number of aromatic nitrogens is 1. The van der Waals surface area contributed by atoms with Crippen LogP contribution in [0.25, 0.3) is 0 Å². The number of nitriles is 1. The molecule has 1 fully saturated rings. The molecule has 0 N–H and O–H groups in total. The first kappa shape index (κ1) is 13.7. The number of fused-ring (bicyclic) bond motifs is 2. The van der Waals surface area contributed by atoms with E-state index in [4.69, 9.17) is 10.00 Å². The van der Waals surface area contributed by atoms with Crippen LogP contribution in [-0.4, -0.2) is 24.7 Å².